The van der Waals surface area contributed by atoms with Gasteiger partial charge in [-0.1, -0.05) is 79.2 Å². The Morgan fingerprint density at radius 2 is 1.84 bits per heavy atom. The average Bonchev–Trinajstić information content (AvgIpc) is 3.64. The quantitative estimate of drug-likeness (QED) is 0.0878. The summed E-state index contributed by atoms with van der Waals surface area (Å²) in [5.74, 6) is -3.03. The normalized spacial score (nSPS) is 26.3. The smallest absolute Gasteiger partial charge is 0.306 e. The topological polar surface area (TPSA) is 125 Å². The maximum Gasteiger partial charge on any atom is 0.306 e. The lowest BCUT2D eigenvalue weighted by molar-refractivity contribution is -0.153. The summed E-state index contributed by atoms with van der Waals surface area (Å²) in [6.45, 7) is 18.7. The number of esters is 1. The number of fused-ring (bicyclic) bond motifs is 1. The zero-order valence-corrected chi connectivity index (χ0v) is 32.0. The number of halogens is 1. The number of carbonyl (C=O) groups is 4. The highest BCUT2D eigenvalue weighted by molar-refractivity contribution is 9.09. The minimum atomic E-state index is -1.22. The van der Waals surface area contributed by atoms with Crippen molar-refractivity contribution in [3.05, 3.63) is 61.2 Å². The van der Waals surface area contributed by atoms with E-state index < -0.39 is 47.1 Å². The van der Waals surface area contributed by atoms with Crippen molar-refractivity contribution in [1.29, 1.82) is 0 Å². The molecule has 3 saturated heterocycles. The van der Waals surface area contributed by atoms with Gasteiger partial charge in [-0.25, -0.2) is 0 Å². The molecule has 1 unspecified atom stereocenters. The Kier molecular flexibility index (Phi) is 13.2. The SMILES string of the molecule is C=CCCC(=O)OC[C@@H](NC(=O)[C@@H]1[C@H]2O[C@@]3(CC2Br)[C@H](C(=O)N(CC=C)C(C)(C)CC(C)(C)C)N(CCCCCO)C(=O)[C@@H]13)c1ccccc1. The standard InChI is InChI=1S/C39H56BrN3O7/c1-8-10-19-29(45)49-24-28(26-17-13-11-14-18-26)41-34(46)30-31-35(47)42(21-15-12-16-22-44)33(39(31)23-27(40)32(30)50-39)36(48)43(20-9-2)38(6,7)25-37(3,4)5/h8-9,11,13-14,17-18,27-28,30-33,44H,1-2,10,12,15-16,19-25H2,3-7H3,(H,41,46)/t27?,28-,30+,31-,32+,33+,39-/m1/s1. The third kappa shape index (κ3) is 8.53. The number of likely N-dealkylation sites (tertiary alicyclic amines) is 1. The number of benzene rings is 1. The third-order valence-electron chi connectivity index (χ3n) is 10.1. The van der Waals surface area contributed by atoms with Crippen LogP contribution in [-0.2, 0) is 28.7 Å². The molecule has 1 aromatic rings. The van der Waals surface area contributed by atoms with Crippen LogP contribution in [0.4, 0.5) is 0 Å². The molecule has 0 aromatic heterocycles. The van der Waals surface area contributed by atoms with Crippen LogP contribution in [0.3, 0.4) is 0 Å². The predicted molar refractivity (Wildman–Crippen MR) is 196 cm³/mol. The van der Waals surface area contributed by atoms with Gasteiger partial charge in [0.1, 0.15) is 18.2 Å². The summed E-state index contributed by atoms with van der Waals surface area (Å²) in [5, 5.41) is 12.5. The molecule has 3 fully saturated rings. The van der Waals surface area contributed by atoms with Crippen LogP contribution in [0.5, 0.6) is 0 Å². The van der Waals surface area contributed by atoms with E-state index >= 15 is 4.79 Å². The van der Waals surface area contributed by atoms with E-state index in [2.05, 4.69) is 55.2 Å². The largest absolute Gasteiger partial charge is 0.463 e. The maximum absolute atomic E-state index is 15.0. The first kappa shape index (κ1) is 39.8. The van der Waals surface area contributed by atoms with Crippen LogP contribution in [0.1, 0.15) is 91.2 Å². The molecular formula is C39H56BrN3O7. The van der Waals surface area contributed by atoms with Gasteiger partial charge >= 0.3 is 5.97 Å². The number of nitrogens with zero attached hydrogens (tertiary/aromatic N) is 2. The fraction of sp³-hybridized carbons (Fsp3) is 0.641. The molecule has 2 bridgehead atoms. The first-order valence-electron chi connectivity index (χ1n) is 17.9. The molecule has 50 heavy (non-hydrogen) atoms. The number of amides is 3. The highest BCUT2D eigenvalue weighted by Gasteiger charge is 2.76. The molecule has 0 saturated carbocycles. The van der Waals surface area contributed by atoms with Crippen LogP contribution in [0.15, 0.2) is 55.6 Å². The van der Waals surface area contributed by atoms with Gasteiger partial charge in [-0.2, -0.15) is 0 Å². The molecule has 3 aliphatic heterocycles. The number of carbonyl (C=O) groups excluding carboxylic acids is 4. The number of ether oxygens (including phenoxy) is 2. The van der Waals surface area contributed by atoms with E-state index in [0.717, 1.165) is 5.56 Å². The van der Waals surface area contributed by atoms with Gasteiger partial charge in [0.2, 0.25) is 17.7 Å². The lowest BCUT2D eigenvalue weighted by atomic mass is 9.70. The Bertz CT molecular complexity index is 1400. The van der Waals surface area contributed by atoms with Gasteiger partial charge in [0.15, 0.2) is 0 Å². The molecule has 276 valence electrons. The van der Waals surface area contributed by atoms with Crippen molar-refractivity contribution in [2.75, 3.05) is 26.3 Å². The molecule has 1 aromatic carbocycles. The number of alkyl halides is 1. The second kappa shape index (κ2) is 16.5. The fourth-order valence-electron chi connectivity index (χ4n) is 8.47. The summed E-state index contributed by atoms with van der Waals surface area (Å²) in [7, 11) is 0. The Labute approximate surface area is 306 Å². The van der Waals surface area contributed by atoms with Crippen molar-refractivity contribution in [2.45, 2.75) is 114 Å². The number of allylic oxidation sites excluding steroid dienone is 1. The van der Waals surface area contributed by atoms with Crippen LogP contribution in [0, 0.1) is 17.3 Å². The van der Waals surface area contributed by atoms with Crippen molar-refractivity contribution < 1.29 is 33.8 Å². The lowest BCUT2D eigenvalue weighted by Gasteiger charge is -2.45. The minimum Gasteiger partial charge on any atom is -0.463 e. The second-order valence-electron chi connectivity index (χ2n) is 15.7. The van der Waals surface area contributed by atoms with Gasteiger partial charge in [0, 0.05) is 36.5 Å². The molecule has 10 nitrogen and oxygen atoms in total. The number of hydrogen-bond acceptors (Lipinski definition) is 7. The zero-order valence-electron chi connectivity index (χ0n) is 30.4. The number of nitrogens with one attached hydrogen (secondary N) is 1. The summed E-state index contributed by atoms with van der Waals surface area (Å²) in [4.78, 5) is 59.7. The van der Waals surface area contributed by atoms with E-state index in [9.17, 15) is 19.5 Å². The van der Waals surface area contributed by atoms with Gasteiger partial charge in [-0.05, 0) is 63.4 Å². The van der Waals surface area contributed by atoms with E-state index in [1.807, 2.05) is 49.1 Å². The van der Waals surface area contributed by atoms with Gasteiger partial charge < -0.3 is 29.7 Å². The molecule has 4 rings (SSSR count). The molecule has 7 atom stereocenters. The van der Waals surface area contributed by atoms with Gasteiger partial charge in [-0.15, -0.1) is 13.2 Å². The molecule has 3 heterocycles. The summed E-state index contributed by atoms with van der Waals surface area (Å²) < 4.78 is 12.4. The fourth-order valence-corrected chi connectivity index (χ4v) is 9.41. The Hall–Kier alpha value is -3.02. The highest BCUT2D eigenvalue weighted by atomic mass is 79.9. The third-order valence-corrected chi connectivity index (χ3v) is 11.0. The summed E-state index contributed by atoms with van der Waals surface area (Å²) in [6, 6.07) is 7.66. The van der Waals surface area contributed by atoms with Crippen LogP contribution in [0.25, 0.3) is 0 Å². The van der Waals surface area contributed by atoms with Gasteiger partial charge in [-0.3, -0.25) is 19.2 Å². The van der Waals surface area contributed by atoms with Crippen molar-refractivity contribution >= 4 is 39.6 Å². The van der Waals surface area contributed by atoms with Crippen molar-refractivity contribution in [3.63, 3.8) is 0 Å². The molecule has 3 amide bonds. The van der Waals surface area contributed by atoms with Crippen LogP contribution >= 0.6 is 15.9 Å². The van der Waals surface area contributed by atoms with Crippen LogP contribution in [0.2, 0.25) is 0 Å². The Morgan fingerprint density at radius 3 is 2.46 bits per heavy atom. The Balaban J connectivity index is 1.70. The van der Waals surface area contributed by atoms with Crippen molar-refractivity contribution in [3.8, 4) is 0 Å². The second-order valence-corrected chi connectivity index (χ2v) is 16.9. The van der Waals surface area contributed by atoms with Gasteiger partial charge in [0.25, 0.3) is 0 Å². The molecule has 2 N–H and O–H groups in total. The first-order chi connectivity index (χ1) is 23.6. The van der Waals surface area contributed by atoms with Crippen LogP contribution < -0.4 is 5.32 Å². The highest BCUT2D eigenvalue weighted by Crippen LogP contribution is 2.60. The number of aliphatic hydroxyl groups excluding tert-OH is 1. The maximum atomic E-state index is 15.0. The molecule has 1 spiro atoms. The monoisotopic (exact) mass is 757 g/mol. The molecular weight excluding hydrogens is 702 g/mol. The summed E-state index contributed by atoms with van der Waals surface area (Å²) in [6.07, 6.45) is 6.35. The molecule has 3 aliphatic rings. The van der Waals surface area contributed by atoms with E-state index in [0.29, 0.717) is 51.6 Å². The average molecular weight is 759 g/mol. The van der Waals surface area contributed by atoms with Crippen molar-refractivity contribution in [2.24, 2.45) is 17.3 Å². The number of hydrogen-bond donors (Lipinski definition) is 2. The number of aliphatic hydroxyl groups is 1. The van der Waals surface area contributed by atoms with E-state index in [-0.39, 0.29) is 47.6 Å². The van der Waals surface area contributed by atoms with Gasteiger partial charge in [0.05, 0.1) is 24.0 Å². The summed E-state index contributed by atoms with van der Waals surface area (Å²) >= 11 is 3.78. The summed E-state index contributed by atoms with van der Waals surface area (Å²) in [5.41, 5.74) is -1.12. The van der Waals surface area contributed by atoms with Crippen LogP contribution in [-0.4, -0.2) is 93.0 Å². The molecule has 0 radical (unpaired) electrons. The molecule has 0 aliphatic carbocycles. The molecule has 11 heteroatoms. The van der Waals surface area contributed by atoms with Crippen molar-refractivity contribution in [1.82, 2.24) is 15.1 Å². The Morgan fingerprint density at radius 1 is 1.14 bits per heavy atom. The zero-order chi connectivity index (χ0) is 36.9. The van der Waals surface area contributed by atoms with E-state index in [4.69, 9.17) is 9.47 Å². The number of rotatable bonds is 18. The predicted octanol–water partition coefficient (Wildman–Crippen LogP) is 5.49. The van der Waals surface area contributed by atoms with E-state index in [1.54, 1.807) is 17.1 Å². The van der Waals surface area contributed by atoms with E-state index in [1.165, 1.54) is 0 Å². The first-order valence-corrected chi connectivity index (χ1v) is 18.8. The number of unbranched alkanes of at least 4 members (excludes halogenated alkanes) is 2. The lowest BCUT2D eigenvalue weighted by Crippen LogP contribution is -2.61. The minimum absolute atomic E-state index is 0.0431.